The predicted molar refractivity (Wildman–Crippen MR) is 87.0 cm³/mol. The molecule has 110 valence electrons. The van der Waals surface area contributed by atoms with Crippen molar-refractivity contribution in [2.75, 3.05) is 6.61 Å². The Labute approximate surface area is 125 Å². The number of fused-ring (bicyclic) bond motifs is 1. The van der Waals surface area contributed by atoms with Gasteiger partial charge < -0.3 is 4.74 Å². The third-order valence-corrected chi connectivity index (χ3v) is 5.11. The highest BCUT2D eigenvalue weighted by atomic mass is 32.1. The second-order valence-electron chi connectivity index (χ2n) is 5.28. The van der Waals surface area contributed by atoms with Crippen LogP contribution in [-0.2, 0) is 11.2 Å². The molecular formula is C16H24N2OS. The number of nitrogens with one attached hydrogen (secondary N) is 1. The average molecular weight is 292 g/mol. The third kappa shape index (κ3) is 3.04. The number of hydrazine groups is 1. The quantitative estimate of drug-likeness (QED) is 0.606. The molecule has 0 aliphatic heterocycles. The summed E-state index contributed by atoms with van der Waals surface area (Å²) < 4.78 is 7.28. The molecule has 2 atom stereocenters. The van der Waals surface area contributed by atoms with Crippen molar-refractivity contribution in [3.63, 3.8) is 0 Å². The minimum Gasteiger partial charge on any atom is -0.374 e. The van der Waals surface area contributed by atoms with Gasteiger partial charge in [0.1, 0.15) is 0 Å². The summed E-state index contributed by atoms with van der Waals surface area (Å²) >= 11 is 1.79. The number of rotatable bonds is 7. The van der Waals surface area contributed by atoms with Crippen LogP contribution in [0.1, 0.15) is 32.8 Å². The molecule has 0 saturated carbocycles. The van der Waals surface area contributed by atoms with Gasteiger partial charge in [-0.15, -0.1) is 11.3 Å². The van der Waals surface area contributed by atoms with E-state index in [1.54, 1.807) is 11.3 Å². The fourth-order valence-electron chi connectivity index (χ4n) is 2.64. The van der Waals surface area contributed by atoms with Crippen LogP contribution in [0.3, 0.4) is 0 Å². The van der Waals surface area contributed by atoms with Gasteiger partial charge in [0.2, 0.25) is 0 Å². The first-order valence-electron chi connectivity index (χ1n) is 7.19. The van der Waals surface area contributed by atoms with Crippen molar-refractivity contribution >= 4 is 21.4 Å². The summed E-state index contributed by atoms with van der Waals surface area (Å²) in [6.07, 6.45) is 1.81. The molecule has 1 aromatic heterocycles. The lowest BCUT2D eigenvalue weighted by molar-refractivity contribution is -0.0550. The third-order valence-electron chi connectivity index (χ3n) is 4.10. The lowest BCUT2D eigenvalue weighted by Crippen LogP contribution is -2.54. The van der Waals surface area contributed by atoms with Crippen LogP contribution in [0.15, 0.2) is 29.6 Å². The summed E-state index contributed by atoms with van der Waals surface area (Å²) in [6.45, 7) is 7.01. The molecule has 1 heterocycles. The molecule has 3 N–H and O–H groups in total. The number of thiophene rings is 1. The van der Waals surface area contributed by atoms with E-state index in [4.69, 9.17) is 10.6 Å². The van der Waals surface area contributed by atoms with Gasteiger partial charge in [0, 0.05) is 11.3 Å². The number of hydrogen-bond donors (Lipinski definition) is 2. The summed E-state index contributed by atoms with van der Waals surface area (Å²) in [6, 6.07) is 8.61. The van der Waals surface area contributed by atoms with Crippen molar-refractivity contribution in [3.8, 4) is 0 Å². The predicted octanol–water partition coefficient (Wildman–Crippen LogP) is 3.48. The van der Waals surface area contributed by atoms with Crippen molar-refractivity contribution in [2.45, 2.75) is 45.3 Å². The Kier molecular flexibility index (Phi) is 5.16. The number of hydrogen-bond acceptors (Lipinski definition) is 4. The van der Waals surface area contributed by atoms with E-state index >= 15 is 0 Å². The van der Waals surface area contributed by atoms with Crippen molar-refractivity contribution in [3.05, 3.63) is 35.2 Å². The lowest BCUT2D eigenvalue weighted by atomic mass is 9.88. The zero-order valence-electron chi connectivity index (χ0n) is 12.5. The highest BCUT2D eigenvalue weighted by Crippen LogP contribution is 2.29. The Morgan fingerprint density at radius 1 is 1.35 bits per heavy atom. The molecule has 2 unspecified atom stereocenters. The maximum absolute atomic E-state index is 5.95. The number of nitrogens with two attached hydrogens (primary N) is 1. The van der Waals surface area contributed by atoms with Crippen molar-refractivity contribution in [1.29, 1.82) is 0 Å². The first kappa shape index (κ1) is 15.4. The zero-order valence-corrected chi connectivity index (χ0v) is 13.3. The molecule has 0 spiro atoms. The maximum Gasteiger partial charge on any atom is 0.0820 e. The van der Waals surface area contributed by atoms with Crippen LogP contribution < -0.4 is 11.3 Å². The standard InChI is InChI=1S/C16H24N2OS/c1-4-16(3,19-5-2)15(18-17)10-12-11-20-14-9-7-6-8-13(12)14/h6-9,11,15,18H,4-5,10,17H2,1-3H3. The fraction of sp³-hybridized carbons (Fsp3) is 0.500. The summed E-state index contributed by atoms with van der Waals surface area (Å²) in [5.41, 5.74) is 4.06. The van der Waals surface area contributed by atoms with Gasteiger partial charge in [-0.2, -0.15) is 0 Å². The first-order valence-corrected chi connectivity index (χ1v) is 8.07. The monoisotopic (exact) mass is 292 g/mol. The van der Waals surface area contributed by atoms with Crippen LogP contribution in [-0.4, -0.2) is 18.2 Å². The molecule has 20 heavy (non-hydrogen) atoms. The van der Waals surface area contributed by atoms with Crippen LogP contribution in [0.4, 0.5) is 0 Å². The van der Waals surface area contributed by atoms with Gasteiger partial charge in [-0.25, -0.2) is 0 Å². The van der Waals surface area contributed by atoms with Crippen LogP contribution in [0.5, 0.6) is 0 Å². The Morgan fingerprint density at radius 2 is 2.10 bits per heavy atom. The van der Waals surface area contributed by atoms with Crippen LogP contribution in [0.2, 0.25) is 0 Å². The lowest BCUT2D eigenvalue weighted by Gasteiger charge is -2.36. The molecule has 4 heteroatoms. The SMILES string of the molecule is CCOC(C)(CC)C(Cc1csc2ccccc12)NN. The van der Waals surface area contributed by atoms with Gasteiger partial charge in [0.15, 0.2) is 0 Å². The largest absolute Gasteiger partial charge is 0.374 e. The summed E-state index contributed by atoms with van der Waals surface area (Å²) in [4.78, 5) is 0. The molecule has 0 radical (unpaired) electrons. The van der Waals surface area contributed by atoms with E-state index < -0.39 is 0 Å². The molecule has 0 saturated heterocycles. The van der Waals surface area contributed by atoms with Gasteiger partial charge in [-0.05, 0) is 49.1 Å². The molecule has 0 aliphatic rings. The zero-order chi connectivity index (χ0) is 14.6. The Morgan fingerprint density at radius 3 is 2.75 bits per heavy atom. The van der Waals surface area contributed by atoms with E-state index in [0.29, 0.717) is 6.61 Å². The smallest absolute Gasteiger partial charge is 0.0820 e. The van der Waals surface area contributed by atoms with Gasteiger partial charge >= 0.3 is 0 Å². The van der Waals surface area contributed by atoms with Crippen molar-refractivity contribution in [1.82, 2.24) is 5.43 Å². The molecule has 2 rings (SSSR count). The normalized spacial score (nSPS) is 16.2. The second-order valence-corrected chi connectivity index (χ2v) is 6.19. The van der Waals surface area contributed by atoms with Crippen LogP contribution in [0.25, 0.3) is 10.1 Å². The molecular weight excluding hydrogens is 268 g/mol. The number of benzene rings is 1. The minimum atomic E-state index is -0.244. The van der Waals surface area contributed by atoms with E-state index in [1.165, 1.54) is 15.6 Å². The maximum atomic E-state index is 5.95. The fourth-order valence-corrected chi connectivity index (χ4v) is 3.62. The molecule has 0 aliphatic carbocycles. The highest BCUT2D eigenvalue weighted by molar-refractivity contribution is 7.17. The average Bonchev–Trinajstić information content (AvgIpc) is 2.88. The molecule has 0 fully saturated rings. The van der Waals surface area contributed by atoms with E-state index in [9.17, 15) is 0 Å². The second kappa shape index (κ2) is 6.68. The minimum absolute atomic E-state index is 0.102. The molecule has 1 aromatic carbocycles. The molecule has 3 nitrogen and oxygen atoms in total. The van der Waals surface area contributed by atoms with E-state index in [-0.39, 0.29) is 11.6 Å². The summed E-state index contributed by atoms with van der Waals surface area (Å²) in [7, 11) is 0. The topological polar surface area (TPSA) is 47.3 Å². The van der Waals surface area contributed by atoms with Crippen molar-refractivity contribution < 1.29 is 4.74 Å². The van der Waals surface area contributed by atoms with E-state index in [2.05, 4.69) is 48.9 Å². The Bertz CT molecular complexity index is 554. The highest BCUT2D eigenvalue weighted by Gasteiger charge is 2.33. The molecule has 0 bridgehead atoms. The Balaban J connectivity index is 2.25. The van der Waals surface area contributed by atoms with Crippen LogP contribution >= 0.6 is 11.3 Å². The first-order chi connectivity index (χ1) is 9.64. The van der Waals surface area contributed by atoms with E-state index in [0.717, 1.165) is 12.8 Å². The Hall–Kier alpha value is -0.940. The summed E-state index contributed by atoms with van der Waals surface area (Å²) in [5.74, 6) is 5.80. The van der Waals surface area contributed by atoms with E-state index in [1.807, 2.05) is 6.92 Å². The summed E-state index contributed by atoms with van der Waals surface area (Å²) in [5, 5.41) is 3.56. The molecule has 2 aromatic rings. The number of ether oxygens (including phenoxy) is 1. The molecule has 0 amide bonds. The van der Waals surface area contributed by atoms with Gasteiger partial charge in [-0.1, -0.05) is 25.1 Å². The van der Waals surface area contributed by atoms with Gasteiger partial charge in [-0.3, -0.25) is 11.3 Å². The van der Waals surface area contributed by atoms with Crippen LogP contribution in [0, 0.1) is 0 Å². The van der Waals surface area contributed by atoms with Gasteiger partial charge in [0.05, 0.1) is 11.6 Å². The van der Waals surface area contributed by atoms with Gasteiger partial charge in [0.25, 0.3) is 0 Å². The van der Waals surface area contributed by atoms with Crippen molar-refractivity contribution in [2.24, 2.45) is 5.84 Å².